The third-order valence-corrected chi connectivity index (χ3v) is 5.51. The Morgan fingerprint density at radius 3 is 1.90 bits per heavy atom. The van der Waals surface area contributed by atoms with Crippen molar-refractivity contribution in [2.75, 3.05) is 13.2 Å². The number of hydrogen-bond acceptors (Lipinski definition) is 10. The molecule has 2 aliphatic rings. The van der Waals surface area contributed by atoms with E-state index >= 15 is 0 Å². The summed E-state index contributed by atoms with van der Waals surface area (Å²) in [5.41, 5.74) is 0. The lowest BCUT2D eigenvalue weighted by molar-refractivity contribution is -0.316. The first-order valence-electron chi connectivity index (χ1n) is 10.3. The molecule has 7 N–H and O–H groups in total. The summed E-state index contributed by atoms with van der Waals surface area (Å²) in [6, 6.07) is -2.10. The number of ether oxygens (including phenoxy) is 3. The molecule has 0 aromatic rings. The molecule has 0 spiro atoms. The van der Waals surface area contributed by atoms with Gasteiger partial charge in [-0.2, -0.15) is 0 Å². The van der Waals surface area contributed by atoms with Crippen LogP contribution >= 0.6 is 0 Å². The molecule has 0 aliphatic carbocycles. The van der Waals surface area contributed by atoms with Gasteiger partial charge < -0.3 is 50.4 Å². The van der Waals surface area contributed by atoms with E-state index in [1.165, 1.54) is 13.8 Å². The first kappa shape index (κ1) is 25.9. The maximum atomic E-state index is 11.7. The maximum Gasteiger partial charge on any atom is 0.217 e. The Morgan fingerprint density at radius 2 is 1.42 bits per heavy atom. The summed E-state index contributed by atoms with van der Waals surface area (Å²) in [4.78, 5) is 23.3. The molecule has 12 heteroatoms. The third-order valence-electron chi connectivity index (χ3n) is 5.51. The van der Waals surface area contributed by atoms with E-state index in [1.807, 2.05) is 13.8 Å². The summed E-state index contributed by atoms with van der Waals surface area (Å²) < 4.78 is 17.3. The highest BCUT2D eigenvalue weighted by Gasteiger charge is 2.51. The summed E-state index contributed by atoms with van der Waals surface area (Å²) >= 11 is 0. The monoisotopic (exact) mass is 450 g/mol. The molecule has 0 radical (unpaired) electrons. The zero-order chi connectivity index (χ0) is 23.5. The molecule has 0 aromatic heterocycles. The highest BCUT2D eigenvalue weighted by Crippen LogP contribution is 2.31. The van der Waals surface area contributed by atoms with E-state index in [9.17, 15) is 35.1 Å². The van der Waals surface area contributed by atoms with Crippen LogP contribution in [-0.2, 0) is 23.8 Å². The van der Waals surface area contributed by atoms with E-state index in [4.69, 9.17) is 14.2 Å². The van der Waals surface area contributed by atoms with Gasteiger partial charge in [0.25, 0.3) is 0 Å². The predicted molar refractivity (Wildman–Crippen MR) is 104 cm³/mol. The molecule has 10 atom stereocenters. The molecule has 2 heterocycles. The minimum Gasteiger partial charge on any atom is -0.394 e. The van der Waals surface area contributed by atoms with E-state index in [1.54, 1.807) is 0 Å². The van der Waals surface area contributed by atoms with Crippen LogP contribution < -0.4 is 10.6 Å². The number of carbonyl (C=O) groups is 2. The fraction of sp³-hybridized carbons (Fsp3) is 0.895. The van der Waals surface area contributed by atoms with E-state index < -0.39 is 86.1 Å². The quantitative estimate of drug-likeness (QED) is 0.206. The normalized spacial score (nSPS) is 41.1. The zero-order valence-electron chi connectivity index (χ0n) is 18.0. The molecule has 2 saturated heterocycles. The Labute approximate surface area is 180 Å². The van der Waals surface area contributed by atoms with Crippen molar-refractivity contribution < 1.29 is 49.3 Å². The smallest absolute Gasteiger partial charge is 0.217 e. The average Bonchev–Trinajstić information content (AvgIpc) is 2.69. The number of aliphatic hydroxyl groups is 5. The Kier molecular flexibility index (Phi) is 9.15. The Morgan fingerprint density at radius 1 is 0.871 bits per heavy atom. The first-order valence-corrected chi connectivity index (χ1v) is 10.3. The van der Waals surface area contributed by atoms with Crippen LogP contribution in [0.2, 0.25) is 0 Å². The van der Waals surface area contributed by atoms with Crippen molar-refractivity contribution in [3.8, 4) is 0 Å². The van der Waals surface area contributed by atoms with Gasteiger partial charge in [0, 0.05) is 13.8 Å². The molecular formula is C19H34N2O10. The van der Waals surface area contributed by atoms with Gasteiger partial charge in [0.05, 0.1) is 25.4 Å². The van der Waals surface area contributed by atoms with Crippen molar-refractivity contribution in [2.24, 2.45) is 5.92 Å². The standard InChI is InChI=1S/C19H34N2O10/c1-7(2)17-12(20-8(3)24)16(28)18(11(6-23)29-17)31-19-13(21-9(4)25)15(27)14(26)10(5-22)30-19/h7,10-19,22-23,26-28H,5-6H2,1-4H3,(H,20,24)(H,21,25)/t10?,11?,12-,13-,14+,15?,16?,17-,18+,19-/m0/s1. The van der Waals surface area contributed by atoms with Crippen LogP contribution in [0.3, 0.4) is 0 Å². The molecule has 2 fully saturated rings. The van der Waals surface area contributed by atoms with Crippen LogP contribution in [0.25, 0.3) is 0 Å². The minimum atomic E-state index is -1.54. The van der Waals surface area contributed by atoms with Gasteiger partial charge in [0.1, 0.15) is 42.7 Å². The number of rotatable bonds is 7. The summed E-state index contributed by atoms with van der Waals surface area (Å²) in [7, 11) is 0. The predicted octanol–water partition coefficient (Wildman–Crippen LogP) is -3.40. The summed E-state index contributed by atoms with van der Waals surface area (Å²) in [6.45, 7) is 5.00. The zero-order valence-corrected chi connectivity index (χ0v) is 18.0. The number of carbonyl (C=O) groups excluding carboxylic acids is 2. The highest BCUT2D eigenvalue weighted by atomic mass is 16.7. The molecule has 4 unspecified atom stereocenters. The number of nitrogens with one attached hydrogen (secondary N) is 2. The van der Waals surface area contributed by atoms with Crippen molar-refractivity contribution >= 4 is 11.8 Å². The van der Waals surface area contributed by atoms with Crippen LogP contribution in [0, 0.1) is 5.92 Å². The topological polar surface area (TPSA) is 187 Å². The van der Waals surface area contributed by atoms with Crippen LogP contribution in [0.15, 0.2) is 0 Å². The average molecular weight is 450 g/mol. The fourth-order valence-corrected chi connectivity index (χ4v) is 4.01. The molecule has 180 valence electrons. The van der Waals surface area contributed by atoms with Crippen LogP contribution in [-0.4, -0.2) is 112 Å². The SMILES string of the molecule is CC(=O)N[C@H]1C(O)[C@H](O)C(CO)O[C@H]1O[C@@H]1C(CO)O[C@@H](C(C)C)[C@@H](NC(C)=O)C1O. The van der Waals surface area contributed by atoms with Crippen molar-refractivity contribution in [1.82, 2.24) is 10.6 Å². The van der Waals surface area contributed by atoms with E-state index in [0.29, 0.717) is 0 Å². The van der Waals surface area contributed by atoms with Gasteiger partial charge in [0.15, 0.2) is 6.29 Å². The van der Waals surface area contributed by atoms with Gasteiger partial charge in [0.2, 0.25) is 11.8 Å². The van der Waals surface area contributed by atoms with Crippen LogP contribution in [0.4, 0.5) is 0 Å². The van der Waals surface area contributed by atoms with Gasteiger partial charge in [-0.3, -0.25) is 9.59 Å². The summed E-state index contributed by atoms with van der Waals surface area (Å²) in [5.74, 6) is -1.05. The molecule has 12 nitrogen and oxygen atoms in total. The Balaban J connectivity index is 2.31. The fourth-order valence-electron chi connectivity index (χ4n) is 4.01. The molecule has 0 bridgehead atoms. The van der Waals surface area contributed by atoms with E-state index in [0.717, 1.165) is 0 Å². The Bertz CT molecular complexity index is 620. The van der Waals surface area contributed by atoms with Crippen molar-refractivity contribution in [2.45, 2.75) is 88.8 Å². The number of aliphatic hydroxyl groups excluding tert-OH is 5. The summed E-state index contributed by atoms with van der Waals surface area (Å²) in [6.07, 6.45) is -9.83. The van der Waals surface area contributed by atoms with Crippen LogP contribution in [0.1, 0.15) is 27.7 Å². The van der Waals surface area contributed by atoms with Crippen LogP contribution in [0.5, 0.6) is 0 Å². The van der Waals surface area contributed by atoms with Gasteiger partial charge in [-0.25, -0.2) is 0 Å². The van der Waals surface area contributed by atoms with Gasteiger partial charge >= 0.3 is 0 Å². The molecule has 2 aliphatic heterocycles. The molecule has 31 heavy (non-hydrogen) atoms. The van der Waals surface area contributed by atoms with Gasteiger partial charge in [-0.05, 0) is 5.92 Å². The second kappa shape index (κ2) is 11.0. The van der Waals surface area contributed by atoms with E-state index in [-0.39, 0.29) is 5.92 Å². The van der Waals surface area contributed by atoms with Crippen molar-refractivity contribution in [3.63, 3.8) is 0 Å². The lowest BCUT2D eigenvalue weighted by atomic mass is 9.87. The van der Waals surface area contributed by atoms with Crippen molar-refractivity contribution in [3.05, 3.63) is 0 Å². The molecular weight excluding hydrogens is 416 g/mol. The second-order valence-corrected chi connectivity index (χ2v) is 8.32. The van der Waals surface area contributed by atoms with Gasteiger partial charge in [-0.1, -0.05) is 13.8 Å². The number of amides is 2. The third kappa shape index (κ3) is 5.90. The molecule has 0 aromatic carbocycles. The van der Waals surface area contributed by atoms with E-state index in [2.05, 4.69) is 10.6 Å². The lowest BCUT2D eigenvalue weighted by Crippen LogP contribution is -2.69. The largest absolute Gasteiger partial charge is 0.394 e. The number of hydrogen-bond donors (Lipinski definition) is 7. The first-order chi connectivity index (χ1) is 14.5. The van der Waals surface area contributed by atoms with Crippen molar-refractivity contribution in [1.29, 1.82) is 0 Å². The van der Waals surface area contributed by atoms with Gasteiger partial charge in [-0.15, -0.1) is 0 Å². The Hall–Kier alpha value is -1.38. The second-order valence-electron chi connectivity index (χ2n) is 8.32. The minimum absolute atomic E-state index is 0.115. The molecule has 2 rings (SSSR count). The molecule has 0 saturated carbocycles. The maximum absolute atomic E-state index is 11.7. The summed E-state index contributed by atoms with van der Waals surface area (Å²) in [5, 5.41) is 55.9. The highest BCUT2D eigenvalue weighted by molar-refractivity contribution is 5.73. The molecule has 2 amide bonds. The lowest BCUT2D eigenvalue weighted by Gasteiger charge is -2.49.